The first kappa shape index (κ1) is 18.1. The highest BCUT2D eigenvalue weighted by atomic mass is 32.1. The molecule has 0 aliphatic heterocycles. The van der Waals surface area contributed by atoms with E-state index in [0.717, 1.165) is 10.6 Å². The third-order valence-corrected chi connectivity index (χ3v) is 4.14. The Labute approximate surface area is 143 Å². The SMILES string of the molecule is CN(CCO)CC(=O)Nc1ccc(-c2nc(CC(=O)O)cs2)cc1. The van der Waals surface area contributed by atoms with Crippen LogP contribution in [0.1, 0.15) is 5.69 Å². The highest BCUT2D eigenvalue weighted by Crippen LogP contribution is 2.25. The number of anilines is 1. The summed E-state index contributed by atoms with van der Waals surface area (Å²) in [4.78, 5) is 28.6. The van der Waals surface area contributed by atoms with E-state index in [-0.39, 0.29) is 25.5 Å². The zero-order valence-electron chi connectivity index (χ0n) is 13.2. The number of carbonyl (C=O) groups is 2. The zero-order chi connectivity index (χ0) is 17.5. The van der Waals surface area contributed by atoms with Gasteiger partial charge < -0.3 is 15.5 Å². The molecule has 7 nitrogen and oxygen atoms in total. The number of aliphatic hydroxyl groups is 1. The lowest BCUT2D eigenvalue weighted by molar-refractivity contribution is -0.136. The maximum atomic E-state index is 11.9. The quantitative estimate of drug-likeness (QED) is 0.664. The van der Waals surface area contributed by atoms with Gasteiger partial charge in [0.15, 0.2) is 0 Å². The minimum Gasteiger partial charge on any atom is -0.481 e. The number of carboxylic acids is 1. The number of benzene rings is 1. The van der Waals surface area contributed by atoms with E-state index in [0.29, 0.717) is 17.9 Å². The Kier molecular flexibility index (Phi) is 6.42. The van der Waals surface area contributed by atoms with Crippen LogP contribution in [-0.4, -0.2) is 58.7 Å². The van der Waals surface area contributed by atoms with E-state index in [2.05, 4.69) is 10.3 Å². The van der Waals surface area contributed by atoms with Crippen molar-refractivity contribution in [2.24, 2.45) is 0 Å². The van der Waals surface area contributed by atoms with Crippen molar-refractivity contribution in [3.63, 3.8) is 0 Å². The molecule has 1 aromatic carbocycles. The molecule has 0 aliphatic rings. The zero-order valence-corrected chi connectivity index (χ0v) is 14.0. The fraction of sp³-hybridized carbons (Fsp3) is 0.312. The summed E-state index contributed by atoms with van der Waals surface area (Å²) in [5.41, 5.74) is 2.07. The molecule has 3 N–H and O–H groups in total. The number of rotatable bonds is 8. The van der Waals surface area contributed by atoms with E-state index in [4.69, 9.17) is 10.2 Å². The van der Waals surface area contributed by atoms with Crippen molar-refractivity contribution in [1.29, 1.82) is 0 Å². The van der Waals surface area contributed by atoms with E-state index >= 15 is 0 Å². The number of hydrogen-bond acceptors (Lipinski definition) is 6. The van der Waals surface area contributed by atoms with E-state index in [9.17, 15) is 9.59 Å². The molecule has 1 aromatic heterocycles. The summed E-state index contributed by atoms with van der Waals surface area (Å²) in [7, 11) is 1.76. The van der Waals surface area contributed by atoms with Gasteiger partial charge in [-0.05, 0) is 31.3 Å². The van der Waals surface area contributed by atoms with E-state index in [1.807, 2.05) is 12.1 Å². The number of carbonyl (C=O) groups excluding carboxylic acids is 1. The van der Waals surface area contributed by atoms with Crippen LogP contribution in [0.25, 0.3) is 10.6 Å². The second-order valence-corrected chi connectivity index (χ2v) is 6.16. The molecule has 0 spiro atoms. The van der Waals surface area contributed by atoms with Gasteiger partial charge in [0.2, 0.25) is 5.91 Å². The van der Waals surface area contributed by atoms with Crippen LogP contribution in [0, 0.1) is 0 Å². The van der Waals surface area contributed by atoms with Crippen molar-refractivity contribution >= 4 is 28.9 Å². The van der Waals surface area contributed by atoms with Gasteiger partial charge in [-0.15, -0.1) is 11.3 Å². The second-order valence-electron chi connectivity index (χ2n) is 5.30. The molecule has 0 fully saturated rings. The molecule has 0 aliphatic carbocycles. The molecule has 0 bridgehead atoms. The molecular formula is C16H19N3O4S. The maximum Gasteiger partial charge on any atom is 0.309 e. The standard InChI is InChI=1S/C16H19N3O4S/c1-19(6-7-20)9-14(21)17-12-4-2-11(3-5-12)16-18-13(10-24-16)8-15(22)23/h2-5,10,20H,6-9H2,1H3,(H,17,21)(H,22,23). The molecule has 0 saturated heterocycles. The molecule has 0 atom stereocenters. The molecule has 0 radical (unpaired) electrons. The minimum absolute atomic E-state index is 0.0101. The molecular weight excluding hydrogens is 330 g/mol. The molecule has 1 heterocycles. The number of aliphatic hydroxyl groups excluding tert-OH is 1. The van der Waals surface area contributed by atoms with Gasteiger partial charge in [-0.25, -0.2) is 4.98 Å². The Balaban J connectivity index is 1.96. The van der Waals surface area contributed by atoms with Gasteiger partial charge in [0.25, 0.3) is 0 Å². The summed E-state index contributed by atoms with van der Waals surface area (Å²) in [5.74, 6) is -1.06. The molecule has 24 heavy (non-hydrogen) atoms. The number of nitrogens with one attached hydrogen (secondary N) is 1. The minimum atomic E-state index is -0.906. The van der Waals surface area contributed by atoms with Crippen LogP contribution in [0.2, 0.25) is 0 Å². The number of nitrogens with zero attached hydrogens (tertiary/aromatic N) is 2. The predicted octanol–water partition coefficient (Wildman–Crippen LogP) is 1.30. The Morgan fingerprint density at radius 1 is 1.29 bits per heavy atom. The first-order valence-corrected chi connectivity index (χ1v) is 8.22. The molecule has 128 valence electrons. The van der Waals surface area contributed by atoms with Crippen LogP contribution >= 0.6 is 11.3 Å². The first-order valence-electron chi connectivity index (χ1n) is 7.34. The van der Waals surface area contributed by atoms with E-state index < -0.39 is 5.97 Å². The predicted molar refractivity (Wildman–Crippen MR) is 92.1 cm³/mol. The molecule has 2 aromatic rings. The van der Waals surface area contributed by atoms with Crippen molar-refractivity contribution in [3.05, 3.63) is 35.3 Å². The maximum absolute atomic E-state index is 11.9. The Hall–Kier alpha value is -2.29. The third-order valence-electron chi connectivity index (χ3n) is 3.19. The largest absolute Gasteiger partial charge is 0.481 e. The van der Waals surface area contributed by atoms with Crippen LogP contribution in [0.4, 0.5) is 5.69 Å². The fourth-order valence-electron chi connectivity index (χ4n) is 2.07. The van der Waals surface area contributed by atoms with Gasteiger partial charge in [0, 0.05) is 23.2 Å². The number of amides is 1. The van der Waals surface area contributed by atoms with Gasteiger partial charge in [0.05, 0.1) is 25.3 Å². The van der Waals surface area contributed by atoms with Crippen LogP contribution in [-0.2, 0) is 16.0 Å². The third kappa shape index (κ3) is 5.41. The van der Waals surface area contributed by atoms with Gasteiger partial charge in [-0.2, -0.15) is 0 Å². The van der Waals surface area contributed by atoms with Crippen molar-refractivity contribution in [3.8, 4) is 10.6 Å². The first-order chi connectivity index (χ1) is 11.5. The molecule has 8 heteroatoms. The van der Waals surface area contributed by atoms with Crippen LogP contribution in [0.5, 0.6) is 0 Å². The fourth-order valence-corrected chi connectivity index (χ4v) is 2.89. The number of likely N-dealkylation sites (N-methyl/N-ethyl adjacent to an activating group) is 1. The van der Waals surface area contributed by atoms with Gasteiger partial charge in [0.1, 0.15) is 5.01 Å². The smallest absolute Gasteiger partial charge is 0.309 e. The normalized spacial score (nSPS) is 10.8. The summed E-state index contributed by atoms with van der Waals surface area (Å²) >= 11 is 1.39. The lowest BCUT2D eigenvalue weighted by Crippen LogP contribution is -2.32. The van der Waals surface area contributed by atoms with Crippen molar-refractivity contribution in [2.75, 3.05) is 32.1 Å². The Morgan fingerprint density at radius 3 is 2.62 bits per heavy atom. The lowest BCUT2D eigenvalue weighted by Gasteiger charge is -2.14. The topological polar surface area (TPSA) is 103 Å². The highest BCUT2D eigenvalue weighted by Gasteiger charge is 2.09. The van der Waals surface area contributed by atoms with Crippen LogP contribution in [0.3, 0.4) is 0 Å². The van der Waals surface area contributed by atoms with Crippen molar-refractivity contribution in [1.82, 2.24) is 9.88 Å². The highest BCUT2D eigenvalue weighted by molar-refractivity contribution is 7.13. The van der Waals surface area contributed by atoms with Gasteiger partial charge in [-0.1, -0.05) is 0 Å². The molecule has 1 amide bonds. The van der Waals surface area contributed by atoms with Crippen LogP contribution in [0.15, 0.2) is 29.6 Å². The van der Waals surface area contributed by atoms with Crippen LogP contribution < -0.4 is 5.32 Å². The molecule has 2 rings (SSSR count). The summed E-state index contributed by atoms with van der Waals surface area (Å²) in [5, 5.41) is 22.8. The number of aromatic nitrogens is 1. The lowest BCUT2D eigenvalue weighted by atomic mass is 10.2. The monoisotopic (exact) mass is 349 g/mol. The molecule has 0 unspecified atom stereocenters. The number of carboxylic acid groups (broad SMARTS) is 1. The summed E-state index contributed by atoms with van der Waals surface area (Å²) in [6.07, 6.45) is -0.0913. The number of thiazole rings is 1. The van der Waals surface area contributed by atoms with Gasteiger partial charge >= 0.3 is 5.97 Å². The second kappa shape index (κ2) is 8.53. The number of hydrogen-bond donors (Lipinski definition) is 3. The Morgan fingerprint density at radius 2 is 2.00 bits per heavy atom. The van der Waals surface area contributed by atoms with Crippen molar-refractivity contribution < 1.29 is 19.8 Å². The van der Waals surface area contributed by atoms with Crippen molar-refractivity contribution in [2.45, 2.75) is 6.42 Å². The summed E-state index contributed by atoms with van der Waals surface area (Å²) in [6, 6.07) is 7.21. The summed E-state index contributed by atoms with van der Waals surface area (Å²) in [6.45, 7) is 0.651. The van der Waals surface area contributed by atoms with E-state index in [1.165, 1.54) is 11.3 Å². The van der Waals surface area contributed by atoms with E-state index in [1.54, 1.807) is 29.5 Å². The average Bonchev–Trinajstić information content (AvgIpc) is 2.95. The average molecular weight is 349 g/mol. The molecule has 0 saturated carbocycles. The number of aliphatic carboxylic acids is 1. The summed E-state index contributed by atoms with van der Waals surface area (Å²) < 4.78 is 0. The Bertz CT molecular complexity index is 700. The van der Waals surface area contributed by atoms with Gasteiger partial charge in [-0.3, -0.25) is 14.5 Å².